The number of rotatable bonds is 4. The minimum Gasteiger partial charge on any atom is -0.485 e. The molecule has 1 aromatic rings. The fourth-order valence-electron chi connectivity index (χ4n) is 0.934. The Morgan fingerprint density at radius 1 is 1.43 bits per heavy atom. The molecule has 1 rings (SSSR count). The summed E-state index contributed by atoms with van der Waals surface area (Å²) in [5.41, 5.74) is 0. The van der Waals surface area contributed by atoms with Crippen molar-refractivity contribution in [2.24, 2.45) is 0 Å². The van der Waals surface area contributed by atoms with Crippen molar-refractivity contribution in [2.45, 2.75) is 18.2 Å². The van der Waals surface area contributed by atoms with Crippen molar-refractivity contribution in [2.75, 3.05) is 0 Å². The van der Waals surface area contributed by atoms with E-state index in [9.17, 15) is 8.42 Å². The lowest BCUT2D eigenvalue weighted by Crippen LogP contribution is -2.01. The smallest absolute Gasteiger partial charge is 0.298 e. The lowest BCUT2D eigenvalue weighted by molar-refractivity contribution is 0.383. The summed E-state index contributed by atoms with van der Waals surface area (Å²) < 4.78 is 35.7. The molecule has 1 aromatic carbocycles. The summed E-state index contributed by atoms with van der Waals surface area (Å²) in [5, 5.41) is 0. The maximum atomic E-state index is 10.9. The van der Waals surface area contributed by atoms with Crippen molar-refractivity contribution in [3.05, 3.63) is 30.9 Å². The van der Waals surface area contributed by atoms with Crippen LogP contribution in [0.5, 0.6) is 5.75 Å². The monoisotopic (exact) mass is 215 g/mol. The van der Waals surface area contributed by atoms with Crippen LogP contribution in [0.15, 0.2) is 29.2 Å². The van der Waals surface area contributed by atoms with Crippen molar-refractivity contribution in [1.29, 1.82) is 0 Å². The molecule has 0 aliphatic rings. The zero-order valence-electron chi connectivity index (χ0n) is 7.67. The fourth-order valence-corrected chi connectivity index (χ4v) is 1.55. The molecule has 14 heavy (non-hydrogen) atoms. The summed E-state index contributed by atoms with van der Waals surface area (Å²) in [6, 6.07) is 5.92. The third-order valence-corrected chi connectivity index (χ3v) is 2.40. The van der Waals surface area contributed by atoms with Crippen LogP contribution in [0.3, 0.4) is 0 Å². The molecule has 0 atom stereocenters. The van der Waals surface area contributed by atoms with Crippen molar-refractivity contribution in [3.63, 3.8) is 0 Å². The molecule has 0 aliphatic heterocycles. The molecule has 0 saturated carbocycles. The maximum Gasteiger partial charge on any atom is 0.298 e. The summed E-state index contributed by atoms with van der Waals surface area (Å²) in [7, 11) is -4.21. The van der Waals surface area contributed by atoms with Crippen LogP contribution in [0.25, 0.3) is 0 Å². The quantitative estimate of drug-likeness (QED) is 0.779. The number of hydrogen-bond acceptors (Lipinski definition) is 3. The number of para-hydroxylation sites is 1. The second kappa shape index (κ2) is 4.43. The zero-order chi connectivity index (χ0) is 10.6. The van der Waals surface area contributed by atoms with Crippen LogP contribution in [-0.2, 0) is 10.1 Å². The molecule has 4 nitrogen and oxygen atoms in total. The van der Waals surface area contributed by atoms with Crippen LogP contribution < -0.4 is 4.74 Å². The van der Waals surface area contributed by atoms with Gasteiger partial charge in [-0.05, 0) is 18.6 Å². The van der Waals surface area contributed by atoms with Crippen LogP contribution in [0.1, 0.15) is 13.3 Å². The molecule has 0 unspecified atom stereocenters. The molecular formula is C9H11O4S. The van der Waals surface area contributed by atoms with Gasteiger partial charge in [-0.15, -0.1) is 0 Å². The standard InChI is InChI=1S/C9H11O4S/c1-2-7-13-8-5-3-4-6-9(8)14(10,11)12/h3-7H,2H2,1H3,(H,10,11,12). The zero-order valence-corrected chi connectivity index (χ0v) is 8.49. The Kier molecular flexibility index (Phi) is 3.49. The van der Waals surface area contributed by atoms with Gasteiger partial charge in [-0.25, -0.2) is 0 Å². The fraction of sp³-hybridized carbons (Fsp3) is 0.222. The second-order valence-corrected chi connectivity index (χ2v) is 4.00. The van der Waals surface area contributed by atoms with Crippen molar-refractivity contribution in [1.82, 2.24) is 0 Å². The Morgan fingerprint density at radius 3 is 2.64 bits per heavy atom. The molecule has 0 saturated heterocycles. The van der Waals surface area contributed by atoms with Crippen LogP contribution in [0, 0.1) is 6.61 Å². The Bertz CT molecular complexity index is 397. The largest absolute Gasteiger partial charge is 0.485 e. The normalized spacial score (nSPS) is 11.3. The highest BCUT2D eigenvalue weighted by atomic mass is 32.2. The predicted molar refractivity (Wildman–Crippen MR) is 51.5 cm³/mol. The Hall–Kier alpha value is -1.07. The van der Waals surface area contributed by atoms with E-state index in [0.717, 1.165) is 0 Å². The van der Waals surface area contributed by atoms with Crippen molar-refractivity contribution >= 4 is 10.1 Å². The van der Waals surface area contributed by atoms with Gasteiger partial charge in [0.05, 0.1) is 0 Å². The van der Waals surface area contributed by atoms with E-state index in [1.807, 2.05) is 6.92 Å². The Labute approximate surface area is 83.3 Å². The van der Waals surface area contributed by atoms with E-state index < -0.39 is 10.1 Å². The van der Waals surface area contributed by atoms with Crippen molar-refractivity contribution in [3.8, 4) is 5.75 Å². The Balaban J connectivity index is 3.04. The van der Waals surface area contributed by atoms with E-state index in [4.69, 9.17) is 9.29 Å². The van der Waals surface area contributed by atoms with E-state index in [0.29, 0.717) is 6.42 Å². The van der Waals surface area contributed by atoms with Gasteiger partial charge in [0.15, 0.2) is 0 Å². The average molecular weight is 215 g/mol. The van der Waals surface area contributed by atoms with E-state index >= 15 is 0 Å². The summed E-state index contributed by atoms with van der Waals surface area (Å²) in [6.07, 6.45) is 0.653. The summed E-state index contributed by atoms with van der Waals surface area (Å²) in [5.74, 6) is 0.136. The van der Waals surface area contributed by atoms with Crippen LogP contribution in [-0.4, -0.2) is 13.0 Å². The van der Waals surface area contributed by atoms with Crippen LogP contribution >= 0.6 is 0 Å². The van der Waals surface area contributed by atoms with Crippen LogP contribution in [0.4, 0.5) is 0 Å². The van der Waals surface area contributed by atoms with Crippen LogP contribution in [0.2, 0.25) is 0 Å². The van der Waals surface area contributed by atoms with Gasteiger partial charge in [-0.2, -0.15) is 8.42 Å². The topological polar surface area (TPSA) is 63.6 Å². The Morgan fingerprint density at radius 2 is 2.07 bits per heavy atom. The first-order valence-electron chi connectivity index (χ1n) is 4.10. The first-order valence-corrected chi connectivity index (χ1v) is 5.54. The maximum absolute atomic E-state index is 10.9. The summed E-state index contributed by atoms with van der Waals surface area (Å²) >= 11 is 0. The number of ether oxygens (including phenoxy) is 1. The molecule has 1 radical (unpaired) electrons. The van der Waals surface area contributed by atoms with E-state index in [1.165, 1.54) is 24.8 Å². The molecule has 77 valence electrons. The van der Waals surface area contributed by atoms with Gasteiger partial charge in [0.1, 0.15) is 17.3 Å². The average Bonchev–Trinajstić information content (AvgIpc) is 2.14. The van der Waals surface area contributed by atoms with E-state index in [2.05, 4.69) is 0 Å². The third-order valence-electron chi connectivity index (χ3n) is 1.50. The SMILES string of the molecule is CC[CH]Oc1ccccc1S(=O)(=O)O. The molecule has 5 heteroatoms. The molecule has 1 N–H and O–H groups in total. The highest BCUT2D eigenvalue weighted by Gasteiger charge is 2.15. The highest BCUT2D eigenvalue weighted by Crippen LogP contribution is 2.23. The van der Waals surface area contributed by atoms with E-state index in [-0.39, 0.29) is 10.6 Å². The molecule has 0 aromatic heterocycles. The third kappa shape index (κ3) is 2.71. The molecule has 0 aliphatic carbocycles. The first-order chi connectivity index (χ1) is 6.55. The minimum absolute atomic E-state index is 0.136. The first kappa shape index (κ1) is 11.0. The molecule has 0 spiro atoms. The molecular weight excluding hydrogens is 204 g/mol. The minimum atomic E-state index is -4.21. The van der Waals surface area contributed by atoms with Gasteiger partial charge in [0.2, 0.25) is 0 Å². The highest BCUT2D eigenvalue weighted by molar-refractivity contribution is 7.86. The lowest BCUT2D eigenvalue weighted by atomic mass is 10.3. The predicted octanol–water partition coefficient (Wildman–Crippen LogP) is 1.88. The molecule has 0 bridgehead atoms. The molecule has 0 fully saturated rings. The lowest BCUT2D eigenvalue weighted by Gasteiger charge is -2.06. The summed E-state index contributed by atoms with van der Waals surface area (Å²) in [4.78, 5) is -0.218. The van der Waals surface area contributed by atoms with Gasteiger partial charge in [0.25, 0.3) is 10.1 Å². The second-order valence-electron chi connectivity index (χ2n) is 2.61. The molecule has 0 heterocycles. The van der Waals surface area contributed by atoms with Gasteiger partial charge in [0, 0.05) is 0 Å². The summed E-state index contributed by atoms with van der Waals surface area (Å²) in [6.45, 7) is 3.32. The van der Waals surface area contributed by atoms with Gasteiger partial charge in [-0.3, -0.25) is 4.55 Å². The van der Waals surface area contributed by atoms with Gasteiger partial charge in [-0.1, -0.05) is 19.1 Å². The van der Waals surface area contributed by atoms with E-state index in [1.54, 1.807) is 6.07 Å². The molecule has 0 amide bonds. The van der Waals surface area contributed by atoms with Gasteiger partial charge < -0.3 is 4.74 Å². The number of hydrogen-bond donors (Lipinski definition) is 1. The van der Waals surface area contributed by atoms with Crippen molar-refractivity contribution < 1.29 is 17.7 Å². The number of benzene rings is 1. The van der Waals surface area contributed by atoms with Gasteiger partial charge >= 0.3 is 0 Å².